The average Bonchev–Trinajstić information content (AvgIpc) is 2.48. The maximum Gasteiger partial charge on any atom is 0.123 e. The molecule has 2 rings (SSSR count). The van der Waals surface area contributed by atoms with Crippen molar-refractivity contribution < 1.29 is 9.50 Å². The number of aliphatic hydroxyl groups excluding tert-OH is 1. The molecule has 0 fully saturated rings. The zero-order valence-electron chi connectivity index (χ0n) is 11.6. The van der Waals surface area contributed by atoms with Crippen LogP contribution >= 0.6 is 15.9 Å². The number of halogens is 2. The Morgan fingerprint density at radius 3 is 2.30 bits per heavy atom. The van der Waals surface area contributed by atoms with Crippen molar-refractivity contribution >= 4 is 15.9 Å². The lowest BCUT2D eigenvalue weighted by molar-refractivity contribution is 0.219. The summed E-state index contributed by atoms with van der Waals surface area (Å²) in [7, 11) is 0. The second-order valence-electron chi connectivity index (χ2n) is 5.04. The van der Waals surface area contributed by atoms with Crippen LogP contribution in [-0.4, -0.2) is 5.11 Å². The lowest BCUT2D eigenvalue weighted by Crippen LogP contribution is -2.02. The van der Waals surface area contributed by atoms with Gasteiger partial charge in [0.05, 0.1) is 0 Å². The van der Waals surface area contributed by atoms with E-state index < -0.39 is 6.10 Å². The molecule has 1 N–H and O–H groups in total. The van der Waals surface area contributed by atoms with Gasteiger partial charge in [0, 0.05) is 10.0 Å². The first-order chi connectivity index (χ1) is 9.52. The molecule has 0 heterocycles. The molecule has 2 atom stereocenters. The molecule has 0 bridgehead atoms. The standard InChI is InChI=1S/C17H18BrFO/c1-3-11(2)12-4-6-13(7-5-12)17(20)15-10-14(19)8-9-16(15)18/h4-11,17,20H,3H2,1-2H3. The molecule has 106 valence electrons. The molecule has 0 aliphatic heterocycles. The van der Waals surface area contributed by atoms with E-state index in [1.807, 2.05) is 24.3 Å². The summed E-state index contributed by atoms with van der Waals surface area (Å²) in [6, 6.07) is 12.2. The van der Waals surface area contributed by atoms with E-state index in [0.717, 1.165) is 12.0 Å². The monoisotopic (exact) mass is 336 g/mol. The zero-order valence-corrected chi connectivity index (χ0v) is 13.2. The molecule has 0 radical (unpaired) electrons. The Bertz CT molecular complexity index is 580. The number of aliphatic hydroxyl groups is 1. The Kier molecular flexibility index (Phi) is 4.95. The van der Waals surface area contributed by atoms with E-state index in [1.165, 1.54) is 17.7 Å². The van der Waals surface area contributed by atoms with Gasteiger partial charge < -0.3 is 5.11 Å². The summed E-state index contributed by atoms with van der Waals surface area (Å²) in [5, 5.41) is 10.4. The third-order valence-electron chi connectivity index (χ3n) is 3.69. The number of rotatable bonds is 4. The van der Waals surface area contributed by atoms with Gasteiger partial charge in [-0.3, -0.25) is 0 Å². The van der Waals surface area contributed by atoms with Crippen molar-refractivity contribution in [2.75, 3.05) is 0 Å². The number of benzene rings is 2. The molecule has 0 aromatic heterocycles. The molecular weight excluding hydrogens is 319 g/mol. The fraction of sp³-hybridized carbons (Fsp3) is 0.294. The first-order valence-corrected chi connectivity index (χ1v) is 7.55. The SMILES string of the molecule is CCC(C)c1ccc(C(O)c2cc(F)ccc2Br)cc1. The molecule has 2 aromatic carbocycles. The van der Waals surface area contributed by atoms with Crippen molar-refractivity contribution in [2.45, 2.75) is 32.3 Å². The Morgan fingerprint density at radius 1 is 1.10 bits per heavy atom. The van der Waals surface area contributed by atoms with Crippen molar-refractivity contribution in [1.82, 2.24) is 0 Å². The van der Waals surface area contributed by atoms with Crippen LogP contribution in [0.5, 0.6) is 0 Å². The summed E-state index contributed by atoms with van der Waals surface area (Å²) >= 11 is 3.35. The van der Waals surface area contributed by atoms with Crippen LogP contribution in [0.25, 0.3) is 0 Å². The Labute approximate surface area is 127 Å². The van der Waals surface area contributed by atoms with Gasteiger partial charge in [-0.2, -0.15) is 0 Å². The highest BCUT2D eigenvalue weighted by molar-refractivity contribution is 9.10. The van der Waals surface area contributed by atoms with Gasteiger partial charge in [0.15, 0.2) is 0 Å². The molecule has 0 spiro atoms. The first kappa shape index (κ1) is 15.2. The summed E-state index contributed by atoms with van der Waals surface area (Å²) in [6.07, 6.45) is 0.253. The van der Waals surface area contributed by atoms with Crippen molar-refractivity contribution in [3.8, 4) is 0 Å². The molecule has 0 saturated carbocycles. The molecule has 2 unspecified atom stereocenters. The minimum Gasteiger partial charge on any atom is -0.384 e. The van der Waals surface area contributed by atoms with E-state index in [1.54, 1.807) is 6.07 Å². The lowest BCUT2D eigenvalue weighted by atomic mass is 9.95. The van der Waals surface area contributed by atoms with E-state index >= 15 is 0 Å². The van der Waals surface area contributed by atoms with E-state index in [0.29, 0.717) is 16.0 Å². The molecular formula is C17H18BrFO. The minimum atomic E-state index is -0.828. The Hall–Kier alpha value is -1.19. The molecule has 0 aliphatic carbocycles. The zero-order chi connectivity index (χ0) is 14.7. The normalized spacial score (nSPS) is 14.1. The van der Waals surface area contributed by atoms with Crippen LogP contribution in [0.15, 0.2) is 46.9 Å². The van der Waals surface area contributed by atoms with Crippen LogP contribution in [-0.2, 0) is 0 Å². The first-order valence-electron chi connectivity index (χ1n) is 6.75. The van der Waals surface area contributed by atoms with E-state index in [2.05, 4.69) is 29.8 Å². The molecule has 20 heavy (non-hydrogen) atoms. The van der Waals surface area contributed by atoms with Gasteiger partial charge in [-0.05, 0) is 41.7 Å². The molecule has 0 saturated heterocycles. The Balaban J connectivity index is 2.29. The molecule has 0 aliphatic rings. The Morgan fingerprint density at radius 2 is 1.70 bits per heavy atom. The third kappa shape index (κ3) is 3.28. The predicted octanol–water partition coefficient (Wildman–Crippen LogP) is 5.18. The smallest absolute Gasteiger partial charge is 0.123 e. The topological polar surface area (TPSA) is 20.2 Å². The maximum atomic E-state index is 13.3. The van der Waals surface area contributed by atoms with Gasteiger partial charge >= 0.3 is 0 Å². The van der Waals surface area contributed by atoms with Crippen LogP contribution in [0.2, 0.25) is 0 Å². The van der Waals surface area contributed by atoms with Crippen molar-refractivity contribution in [1.29, 1.82) is 0 Å². The largest absolute Gasteiger partial charge is 0.384 e. The lowest BCUT2D eigenvalue weighted by Gasteiger charge is -2.15. The molecule has 2 aromatic rings. The summed E-state index contributed by atoms with van der Waals surface area (Å²) in [5.74, 6) is 0.153. The van der Waals surface area contributed by atoms with Gasteiger partial charge in [0.25, 0.3) is 0 Å². The van der Waals surface area contributed by atoms with Crippen LogP contribution in [0, 0.1) is 5.82 Å². The number of hydrogen-bond acceptors (Lipinski definition) is 1. The van der Waals surface area contributed by atoms with Gasteiger partial charge in [-0.15, -0.1) is 0 Å². The second-order valence-corrected chi connectivity index (χ2v) is 5.90. The molecule has 3 heteroatoms. The minimum absolute atomic E-state index is 0.349. The van der Waals surface area contributed by atoms with Crippen LogP contribution in [0.3, 0.4) is 0 Å². The van der Waals surface area contributed by atoms with E-state index in [9.17, 15) is 9.50 Å². The van der Waals surface area contributed by atoms with Gasteiger partial charge in [-0.25, -0.2) is 4.39 Å². The van der Waals surface area contributed by atoms with Crippen molar-refractivity contribution in [2.24, 2.45) is 0 Å². The van der Waals surface area contributed by atoms with Gasteiger partial charge in [-0.1, -0.05) is 54.0 Å². The number of hydrogen-bond donors (Lipinski definition) is 1. The van der Waals surface area contributed by atoms with Gasteiger partial charge in [0.2, 0.25) is 0 Å². The maximum absolute atomic E-state index is 13.3. The second kappa shape index (κ2) is 6.51. The highest BCUT2D eigenvalue weighted by Crippen LogP contribution is 2.30. The van der Waals surface area contributed by atoms with Crippen LogP contribution in [0.1, 0.15) is 49.0 Å². The van der Waals surface area contributed by atoms with Crippen LogP contribution < -0.4 is 0 Å². The highest BCUT2D eigenvalue weighted by Gasteiger charge is 2.15. The summed E-state index contributed by atoms with van der Waals surface area (Å²) in [4.78, 5) is 0. The summed E-state index contributed by atoms with van der Waals surface area (Å²) < 4.78 is 14.0. The molecule has 0 amide bonds. The quantitative estimate of drug-likeness (QED) is 0.815. The predicted molar refractivity (Wildman–Crippen MR) is 83.3 cm³/mol. The van der Waals surface area contributed by atoms with Crippen molar-refractivity contribution in [3.05, 3.63) is 69.4 Å². The van der Waals surface area contributed by atoms with E-state index in [-0.39, 0.29) is 5.82 Å². The third-order valence-corrected chi connectivity index (χ3v) is 4.41. The highest BCUT2D eigenvalue weighted by atomic mass is 79.9. The van der Waals surface area contributed by atoms with Gasteiger partial charge in [0.1, 0.15) is 11.9 Å². The van der Waals surface area contributed by atoms with Crippen LogP contribution in [0.4, 0.5) is 4.39 Å². The fourth-order valence-electron chi connectivity index (χ4n) is 2.15. The van der Waals surface area contributed by atoms with E-state index in [4.69, 9.17) is 0 Å². The fourth-order valence-corrected chi connectivity index (χ4v) is 2.61. The average molecular weight is 337 g/mol. The summed E-state index contributed by atoms with van der Waals surface area (Å²) in [6.45, 7) is 4.33. The summed E-state index contributed by atoms with van der Waals surface area (Å²) in [5.41, 5.74) is 2.56. The van der Waals surface area contributed by atoms with Crippen molar-refractivity contribution in [3.63, 3.8) is 0 Å². The molecule has 1 nitrogen and oxygen atoms in total.